The summed E-state index contributed by atoms with van der Waals surface area (Å²) in [6, 6.07) is 12.1. The second-order valence-corrected chi connectivity index (χ2v) is 14.9. The van der Waals surface area contributed by atoms with Crippen molar-refractivity contribution in [3.8, 4) is 11.5 Å². The highest BCUT2D eigenvalue weighted by molar-refractivity contribution is 8.00. The zero-order chi connectivity index (χ0) is 32.8. The normalized spacial score (nSPS) is 17.2. The minimum atomic E-state index is -3.71. The number of benzene rings is 2. The van der Waals surface area contributed by atoms with Gasteiger partial charge in [0.25, 0.3) is 0 Å². The first-order valence-electron chi connectivity index (χ1n) is 14.4. The second-order valence-electron chi connectivity index (χ2n) is 10.7. The predicted molar refractivity (Wildman–Crippen MR) is 169 cm³/mol. The number of carbonyl (C=O) groups excluding carboxylic acids is 2. The monoisotopic (exact) mass is 714 g/mol. The van der Waals surface area contributed by atoms with Crippen LogP contribution in [-0.2, 0) is 30.6 Å². The van der Waals surface area contributed by atoms with Crippen LogP contribution >= 0.6 is 35.0 Å². The van der Waals surface area contributed by atoms with E-state index in [2.05, 4.69) is 9.72 Å². The molecule has 1 saturated heterocycles. The molecular weight excluding hydrogens is 685 g/mol. The van der Waals surface area contributed by atoms with Crippen LogP contribution in [0.25, 0.3) is 0 Å². The van der Waals surface area contributed by atoms with E-state index in [0.717, 1.165) is 12.8 Å². The van der Waals surface area contributed by atoms with Crippen LogP contribution in [0.3, 0.4) is 0 Å². The standard InChI is InChI=1S/C31H30Cl2F2N2O7S2/c32-23-16-36-17-24(33)22(23)15-26(20-8-9-25(44-31(34)35)27(14-20)42-18-19-6-7-19)43-30(39)29-37(11-12-45-29)28(38)10-13-46(40,41)21-4-2-1-3-5-21/h1-5,8-9,14,16-17,19,26,29,31H,6-7,10-13,15,18H2/t26-,29-/m0/s1. The van der Waals surface area contributed by atoms with Crippen LogP contribution in [0.2, 0.25) is 10.0 Å². The number of amides is 1. The quantitative estimate of drug-likeness (QED) is 0.176. The van der Waals surface area contributed by atoms with Gasteiger partial charge in [-0.25, -0.2) is 13.2 Å². The number of sulfone groups is 1. The van der Waals surface area contributed by atoms with Crippen molar-refractivity contribution in [2.24, 2.45) is 5.92 Å². The third-order valence-corrected chi connectivity index (χ3v) is 11.0. The number of thioether (sulfide) groups is 1. The predicted octanol–water partition coefficient (Wildman–Crippen LogP) is 6.37. The summed E-state index contributed by atoms with van der Waals surface area (Å²) in [6.45, 7) is -2.55. The lowest BCUT2D eigenvalue weighted by atomic mass is 10.0. The van der Waals surface area contributed by atoms with Gasteiger partial charge in [0.05, 0.1) is 27.3 Å². The topological polar surface area (TPSA) is 112 Å². The molecule has 0 spiro atoms. The maximum atomic E-state index is 13.7. The van der Waals surface area contributed by atoms with Crippen molar-refractivity contribution in [1.29, 1.82) is 0 Å². The lowest BCUT2D eigenvalue weighted by molar-refractivity contribution is -0.155. The third kappa shape index (κ3) is 8.81. The largest absolute Gasteiger partial charge is 0.489 e. The number of hydrogen-bond donors (Lipinski definition) is 0. The summed E-state index contributed by atoms with van der Waals surface area (Å²) in [4.78, 5) is 32.2. The van der Waals surface area contributed by atoms with E-state index < -0.39 is 45.6 Å². The molecule has 3 aromatic rings. The van der Waals surface area contributed by atoms with Crippen LogP contribution in [0.15, 0.2) is 65.8 Å². The molecule has 0 bridgehead atoms. The summed E-state index contributed by atoms with van der Waals surface area (Å²) in [5, 5.41) is -0.587. The molecule has 15 heteroatoms. The molecule has 1 aliphatic heterocycles. The Morgan fingerprint density at radius 1 is 1.04 bits per heavy atom. The molecule has 2 fully saturated rings. The highest BCUT2D eigenvalue weighted by Gasteiger charge is 2.38. The van der Waals surface area contributed by atoms with Crippen LogP contribution in [0.4, 0.5) is 8.78 Å². The minimum Gasteiger partial charge on any atom is -0.489 e. The maximum Gasteiger partial charge on any atom is 0.387 e. The fourth-order valence-electron chi connectivity index (χ4n) is 4.80. The third-order valence-electron chi connectivity index (χ3n) is 7.43. The number of nitrogens with zero attached hydrogens (tertiary/aromatic N) is 2. The van der Waals surface area contributed by atoms with Crippen molar-refractivity contribution in [1.82, 2.24) is 9.88 Å². The number of rotatable bonds is 14. The van der Waals surface area contributed by atoms with Crippen molar-refractivity contribution in [3.63, 3.8) is 0 Å². The molecule has 0 N–H and O–H groups in total. The Bertz CT molecular complexity index is 1640. The Hall–Kier alpha value is -3.13. The van der Waals surface area contributed by atoms with E-state index in [0.29, 0.717) is 29.4 Å². The molecule has 2 atom stereocenters. The number of carbonyl (C=O) groups is 2. The molecule has 246 valence electrons. The number of ether oxygens (including phenoxy) is 3. The fourth-order valence-corrected chi connectivity index (χ4v) is 7.69. The van der Waals surface area contributed by atoms with E-state index in [1.54, 1.807) is 18.2 Å². The Balaban J connectivity index is 1.36. The van der Waals surface area contributed by atoms with Gasteiger partial charge in [-0.3, -0.25) is 9.78 Å². The molecule has 1 aromatic heterocycles. The van der Waals surface area contributed by atoms with Gasteiger partial charge in [0.2, 0.25) is 5.91 Å². The minimum absolute atomic E-state index is 0.0102. The van der Waals surface area contributed by atoms with Gasteiger partial charge in [-0.2, -0.15) is 8.78 Å². The molecule has 5 rings (SSSR count). The van der Waals surface area contributed by atoms with Gasteiger partial charge in [0, 0.05) is 37.5 Å². The molecular formula is C31H30Cl2F2N2O7S2. The first-order chi connectivity index (χ1) is 22.0. The number of pyridine rings is 1. The molecule has 9 nitrogen and oxygen atoms in total. The zero-order valence-corrected chi connectivity index (χ0v) is 27.5. The van der Waals surface area contributed by atoms with Crippen LogP contribution in [-0.4, -0.2) is 66.8 Å². The average molecular weight is 716 g/mol. The van der Waals surface area contributed by atoms with Crippen molar-refractivity contribution in [2.45, 2.75) is 48.7 Å². The molecule has 1 aliphatic carbocycles. The number of hydrogen-bond acceptors (Lipinski definition) is 9. The Kier molecular flexibility index (Phi) is 11.3. The molecule has 0 unspecified atom stereocenters. The number of esters is 1. The summed E-state index contributed by atoms with van der Waals surface area (Å²) in [7, 11) is -3.71. The van der Waals surface area contributed by atoms with Crippen LogP contribution in [0, 0.1) is 5.92 Å². The number of alkyl halides is 2. The highest BCUT2D eigenvalue weighted by Crippen LogP contribution is 2.38. The number of aromatic nitrogens is 1. The molecule has 1 saturated carbocycles. The molecule has 2 heterocycles. The van der Waals surface area contributed by atoms with Gasteiger partial charge in [0.15, 0.2) is 26.7 Å². The van der Waals surface area contributed by atoms with Gasteiger partial charge in [-0.1, -0.05) is 47.5 Å². The van der Waals surface area contributed by atoms with E-state index in [1.807, 2.05) is 0 Å². The van der Waals surface area contributed by atoms with Gasteiger partial charge >= 0.3 is 12.6 Å². The molecule has 2 aliphatic rings. The van der Waals surface area contributed by atoms with Crippen LogP contribution < -0.4 is 9.47 Å². The van der Waals surface area contributed by atoms with Gasteiger partial charge in [-0.05, 0) is 54.2 Å². The SMILES string of the molecule is O=C(O[C@@H](Cc1c(Cl)cncc1Cl)c1ccc(OC(F)F)c(OCC2CC2)c1)[C@@H]1SCCN1C(=O)CCS(=O)(=O)c1ccccc1. The molecule has 1 amide bonds. The average Bonchev–Trinajstić information content (AvgIpc) is 3.73. The summed E-state index contributed by atoms with van der Waals surface area (Å²) in [6.07, 6.45) is 3.35. The second kappa shape index (κ2) is 15.2. The lowest BCUT2D eigenvalue weighted by Gasteiger charge is -2.26. The highest BCUT2D eigenvalue weighted by atomic mass is 35.5. The van der Waals surface area contributed by atoms with E-state index in [9.17, 15) is 26.8 Å². The van der Waals surface area contributed by atoms with Crippen molar-refractivity contribution < 1.29 is 41.0 Å². The Morgan fingerprint density at radius 3 is 2.43 bits per heavy atom. The van der Waals surface area contributed by atoms with E-state index in [4.69, 9.17) is 32.7 Å². The van der Waals surface area contributed by atoms with Crippen LogP contribution in [0.1, 0.15) is 36.5 Å². The summed E-state index contributed by atoms with van der Waals surface area (Å²) < 4.78 is 68.3. The smallest absolute Gasteiger partial charge is 0.387 e. The Morgan fingerprint density at radius 2 is 1.76 bits per heavy atom. The van der Waals surface area contributed by atoms with Gasteiger partial charge < -0.3 is 19.1 Å². The summed E-state index contributed by atoms with van der Waals surface area (Å²) in [5.74, 6) is -1.03. The van der Waals surface area contributed by atoms with Crippen molar-refractivity contribution in [3.05, 3.63) is 82.1 Å². The first kappa shape index (κ1) is 34.2. The lowest BCUT2D eigenvalue weighted by Crippen LogP contribution is -2.41. The zero-order valence-electron chi connectivity index (χ0n) is 24.3. The molecule has 0 radical (unpaired) electrons. The van der Waals surface area contributed by atoms with Gasteiger partial charge in [-0.15, -0.1) is 11.8 Å². The first-order valence-corrected chi connectivity index (χ1v) is 17.9. The van der Waals surface area contributed by atoms with E-state index in [1.165, 1.54) is 59.4 Å². The van der Waals surface area contributed by atoms with Gasteiger partial charge in [0.1, 0.15) is 6.10 Å². The molecule has 2 aromatic carbocycles. The van der Waals surface area contributed by atoms with Crippen LogP contribution in [0.5, 0.6) is 11.5 Å². The summed E-state index contributed by atoms with van der Waals surface area (Å²) in [5.41, 5.74) is 0.821. The van der Waals surface area contributed by atoms with E-state index >= 15 is 0 Å². The maximum absolute atomic E-state index is 13.7. The fraction of sp³-hybridized carbons (Fsp3) is 0.387. The van der Waals surface area contributed by atoms with E-state index in [-0.39, 0.29) is 45.8 Å². The summed E-state index contributed by atoms with van der Waals surface area (Å²) >= 11 is 14.0. The van der Waals surface area contributed by atoms with Crippen molar-refractivity contribution in [2.75, 3.05) is 24.7 Å². The van der Waals surface area contributed by atoms with Crippen molar-refractivity contribution >= 4 is 56.7 Å². The number of halogens is 4. The Labute approximate surface area is 279 Å². The molecule has 46 heavy (non-hydrogen) atoms.